The molecule has 0 amide bonds. The lowest BCUT2D eigenvalue weighted by atomic mass is 9.86. The van der Waals surface area contributed by atoms with Crippen LogP contribution in [0.25, 0.3) is 0 Å². The molecule has 0 aromatic heterocycles. The zero-order valence-electron chi connectivity index (χ0n) is 11.3. The Morgan fingerprint density at radius 3 is 2.56 bits per heavy atom. The highest BCUT2D eigenvalue weighted by molar-refractivity contribution is 6.30. The van der Waals surface area contributed by atoms with Gasteiger partial charge in [-0.15, -0.1) is 0 Å². The molecule has 1 fully saturated rings. The van der Waals surface area contributed by atoms with Gasteiger partial charge in [0.05, 0.1) is 0 Å². The average molecular weight is 267 g/mol. The Labute approximate surface area is 115 Å². The smallest absolute Gasteiger partial charge is 0.0412 e. The SMILES string of the molecule is CC1CCC(N(C)c2ccc(Cl)cc2CN)CC1. The number of hydrogen-bond donors (Lipinski definition) is 1. The van der Waals surface area contributed by atoms with Crippen LogP contribution >= 0.6 is 11.6 Å². The summed E-state index contributed by atoms with van der Waals surface area (Å²) in [5, 5.41) is 0.768. The van der Waals surface area contributed by atoms with E-state index in [1.807, 2.05) is 12.1 Å². The topological polar surface area (TPSA) is 29.3 Å². The summed E-state index contributed by atoms with van der Waals surface area (Å²) >= 11 is 6.03. The molecule has 0 aliphatic heterocycles. The van der Waals surface area contributed by atoms with Gasteiger partial charge in [0.1, 0.15) is 0 Å². The van der Waals surface area contributed by atoms with Crippen molar-refractivity contribution in [3.05, 3.63) is 28.8 Å². The van der Waals surface area contributed by atoms with E-state index >= 15 is 0 Å². The highest BCUT2D eigenvalue weighted by Crippen LogP contribution is 2.31. The van der Waals surface area contributed by atoms with Crippen molar-refractivity contribution < 1.29 is 0 Å². The van der Waals surface area contributed by atoms with Gasteiger partial charge in [0.15, 0.2) is 0 Å². The minimum atomic E-state index is 0.545. The van der Waals surface area contributed by atoms with Crippen molar-refractivity contribution in [2.24, 2.45) is 11.7 Å². The first kappa shape index (κ1) is 13.7. The molecule has 1 saturated carbocycles. The zero-order valence-corrected chi connectivity index (χ0v) is 12.1. The second-order valence-corrected chi connectivity index (χ2v) is 5.94. The number of nitrogens with zero attached hydrogens (tertiary/aromatic N) is 1. The van der Waals surface area contributed by atoms with E-state index in [2.05, 4.69) is 24.9 Å². The first-order valence-corrected chi connectivity index (χ1v) is 7.21. The van der Waals surface area contributed by atoms with Crippen molar-refractivity contribution in [3.8, 4) is 0 Å². The molecule has 3 heteroatoms. The monoisotopic (exact) mass is 266 g/mol. The fraction of sp³-hybridized carbons (Fsp3) is 0.600. The van der Waals surface area contributed by atoms with Gasteiger partial charge in [0.2, 0.25) is 0 Å². The van der Waals surface area contributed by atoms with Crippen molar-refractivity contribution in [3.63, 3.8) is 0 Å². The van der Waals surface area contributed by atoms with Crippen LogP contribution in [0.1, 0.15) is 38.2 Å². The molecule has 1 aromatic carbocycles. The number of hydrogen-bond acceptors (Lipinski definition) is 2. The van der Waals surface area contributed by atoms with Crippen LogP contribution < -0.4 is 10.6 Å². The highest BCUT2D eigenvalue weighted by atomic mass is 35.5. The first-order chi connectivity index (χ1) is 8.61. The zero-order chi connectivity index (χ0) is 13.1. The van der Waals surface area contributed by atoms with Crippen LogP contribution in [0.3, 0.4) is 0 Å². The highest BCUT2D eigenvalue weighted by Gasteiger charge is 2.22. The summed E-state index contributed by atoms with van der Waals surface area (Å²) in [7, 11) is 2.18. The number of nitrogens with two attached hydrogens (primary N) is 1. The third-order valence-electron chi connectivity index (χ3n) is 4.17. The Morgan fingerprint density at radius 2 is 1.94 bits per heavy atom. The molecule has 0 unspecified atom stereocenters. The first-order valence-electron chi connectivity index (χ1n) is 6.83. The fourth-order valence-electron chi connectivity index (χ4n) is 2.89. The van der Waals surface area contributed by atoms with E-state index in [9.17, 15) is 0 Å². The molecule has 0 spiro atoms. The lowest BCUT2D eigenvalue weighted by molar-refractivity contribution is 0.340. The molecule has 0 heterocycles. The van der Waals surface area contributed by atoms with Crippen molar-refractivity contribution >= 4 is 17.3 Å². The normalized spacial score (nSPS) is 24.0. The molecule has 100 valence electrons. The van der Waals surface area contributed by atoms with Gasteiger partial charge in [-0.25, -0.2) is 0 Å². The maximum absolute atomic E-state index is 6.03. The van der Waals surface area contributed by atoms with E-state index in [1.54, 1.807) is 0 Å². The van der Waals surface area contributed by atoms with Crippen LogP contribution in [0.5, 0.6) is 0 Å². The third-order valence-corrected chi connectivity index (χ3v) is 4.41. The Bertz CT molecular complexity index is 397. The van der Waals surface area contributed by atoms with E-state index in [0.717, 1.165) is 16.5 Å². The fourth-order valence-corrected chi connectivity index (χ4v) is 3.08. The average Bonchev–Trinajstić information content (AvgIpc) is 2.38. The summed E-state index contributed by atoms with van der Waals surface area (Å²) in [5.74, 6) is 0.883. The van der Waals surface area contributed by atoms with Gasteiger partial charge in [-0.2, -0.15) is 0 Å². The summed E-state index contributed by atoms with van der Waals surface area (Å²) in [5.41, 5.74) is 8.20. The quantitative estimate of drug-likeness (QED) is 0.901. The number of benzene rings is 1. The van der Waals surface area contributed by atoms with Crippen molar-refractivity contribution in [2.45, 2.75) is 45.2 Å². The van der Waals surface area contributed by atoms with Crippen molar-refractivity contribution in [2.75, 3.05) is 11.9 Å². The van der Waals surface area contributed by atoms with Crippen LogP contribution in [-0.2, 0) is 6.54 Å². The Balaban J connectivity index is 2.15. The maximum atomic E-state index is 6.03. The minimum absolute atomic E-state index is 0.545. The molecule has 2 rings (SSSR count). The van der Waals surface area contributed by atoms with Gasteiger partial charge in [-0.1, -0.05) is 18.5 Å². The second kappa shape index (κ2) is 5.94. The molecular weight excluding hydrogens is 244 g/mol. The molecule has 18 heavy (non-hydrogen) atoms. The Morgan fingerprint density at radius 1 is 1.28 bits per heavy atom. The van der Waals surface area contributed by atoms with Crippen molar-refractivity contribution in [1.29, 1.82) is 0 Å². The predicted molar refractivity (Wildman–Crippen MR) is 79.2 cm³/mol. The maximum Gasteiger partial charge on any atom is 0.0412 e. The van der Waals surface area contributed by atoms with Gasteiger partial charge >= 0.3 is 0 Å². The largest absolute Gasteiger partial charge is 0.371 e. The predicted octanol–water partition coefficient (Wildman–Crippen LogP) is 3.81. The summed E-state index contributed by atoms with van der Waals surface area (Å²) in [6.07, 6.45) is 5.23. The van der Waals surface area contributed by atoms with E-state index in [4.69, 9.17) is 17.3 Å². The molecule has 0 atom stereocenters. The summed E-state index contributed by atoms with van der Waals surface area (Å²) in [4.78, 5) is 2.39. The van der Waals surface area contributed by atoms with Crippen LogP contribution in [0, 0.1) is 5.92 Å². The molecule has 0 bridgehead atoms. The molecule has 1 aliphatic rings. The molecular formula is C15H23ClN2. The van der Waals surface area contributed by atoms with Crippen LogP contribution in [0.4, 0.5) is 5.69 Å². The lowest BCUT2D eigenvalue weighted by Gasteiger charge is -2.36. The van der Waals surface area contributed by atoms with Crippen LogP contribution in [0.2, 0.25) is 5.02 Å². The van der Waals surface area contributed by atoms with Gasteiger partial charge in [0.25, 0.3) is 0 Å². The van der Waals surface area contributed by atoms with Gasteiger partial charge in [-0.3, -0.25) is 0 Å². The summed E-state index contributed by atoms with van der Waals surface area (Å²) < 4.78 is 0. The van der Waals surface area contributed by atoms with E-state index in [-0.39, 0.29) is 0 Å². The van der Waals surface area contributed by atoms with Crippen LogP contribution in [-0.4, -0.2) is 13.1 Å². The summed E-state index contributed by atoms with van der Waals surface area (Å²) in [6.45, 7) is 2.90. The Hall–Kier alpha value is -0.730. The molecule has 2 N–H and O–H groups in total. The van der Waals surface area contributed by atoms with E-state index in [0.29, 0.717) is 12.6 Å². The lowest BCUT2D eigenvalue weighted by Crippen LogP contribution is -2.35. The molecule has 0 radical (unpaired) electrons. The van der Waals surface area contributed by atoms with E-state index < -0.39 is 0 Å². The van der Waals surface area contributed by atoms with E-state index in [1.165, 1.54) is 31.4 Å². The van der Waals surface area contributed by atoms with Gasteiger partial charge in [0, 0.05) is 30.3 Å². The second-order valence-electron chi connectivity index (χ2n) is 5.50. The summed E-state index contributed by atoms with van der Waals surface area (Å²) in [6, 6.07) is 6.69. The molecule has 1 aliphatic carbocycles. The standard InChI is InChI=1S/C15H23ClN2/c1-11-3-6-14(7-4-11)18(2)15-8-5-13(16)9-12(15)10-17/h5,8-9,11,14H,3-4,6-7,10,17H2,1-2H3. The molecule has 2 nitrogen and oxygen atoms in total. The Kier molecular flexibility index (Phi) is 4.52. The molecule has 1 aromatic rings. The number of anilines is 1. The van der Waals surface area contributed by atoms with Crippen molar-refractivity contribution in [1.82, 2.24) is 0 Å². The van der Waals surface area contributed by atoms with Gasteiger partial charge in [-0.05, 0) is 55.4 Å². The third kappa shape index (κ3) is 2.99. The number of halogens is 1. The molecule has 0 saturated heterocycles. The van der Waals surface area contributed by atoms with Crippen LogP contribution in [0.15, 0.2) is 18.2 Å². The minimum Gasteiger partial charge on any atom is -0.371 e. The van der Waals surface area contributed by atoms with Gasteiger partial charge < -0.3 is 10.6 Å². The number of rotatable bonds is 3.